The molecule has 0 aromatic carbocycles. The van der Waals surface area contributed by atoms with Crippen molar-refractivity contribution >= 4 is 12.2 Å². The Morgan fingerprint density at radius 2 is 1.00 bits per heavy atom. The molecule has 2 N–H and O–H groups in total. The maximum Gasteiger partial charge on any atom is 0.232 e. The van der Waals surface area contributed by atoms with Gasteiger partial charge in [-0.15, -0.1) is 0 Å². The predicted molar refractivity (Wildman–Crippen MR) is 200 cm³/mol. The van der Waals surface area contributed by atoms with Crippen LogP contribution in [0.25, 0.3) is 0 Å². The number of unbranched alkanes of at least 4 members (excludes halogenated alkanes) is 26. The van der Waals surface area contributed by atoms with Gasteiger partial charge < -0.3 is 5.32 Å². The largest absolute Gasteiger partial charge is 0.349 e. The monoisotopic (exact) mass is 633 g/mol. The van der Waals surface area contributed by atoms with E-state index < -0.39 is 0 Å². The van der Waals surface area contributed by atoms with Gasteiger partial charge >= 0.3 is 0 Å². The van der Waals surface area contributed by atoms with Crippen molar-refractivity contribution in [2.45, 2.75) is 238 Å². The molecule has 1 amide bonds. The van der Waals surface area contributed by atoms with Gasteiger partial charge in [0.2, 0.25) is 12.2 Å². The molecule has 0 saturated heterocycles. The lowest BCUT2D eigenvalue weighted by atomic mass is 9.81. The number of nitrogens with one attached hydrogen (secondary N) is 2. The summed E-state index contributed by atoms with van der Waals surface area (Å²) in [4.78, 5) is 13.0. The van der Waals surface area contributed by atoms with Gasteiger partial charge in [0.05, 0.1) is 6.04 Å². The molecule has 1 heterocycles. The number of rotatable bonds is 34. The molecule has 0 aromatic heterocycles. The molecule has 1 rings (SSSR count). The van der Waals surface area contributed by atoms with E-state index in [2.05, 4.69) is 49.2 Å². The Labute approximate surface area is 283 Å². The fourth-order valence-electron chi connectivity index (χ4n) is 7.62. The van der Waals surface area contributed by atoms with Crippen LogP contribution in [0.5, 0.6) is 0 Å². The molecule has 0 aliphatic carbocycles. The van der Waals surface area contributed by atoms with Gasteiger partial charge in [-0.3, -0.25) is 14.7 Å². The highest BCUT2D eigenvalue weighted by atomic mass is 16.1. The van der Waals surface area contributed by atoms with E-state index in [1.807, 2.05) is 0 Å². The normalized spacial score (nSPS) is 15.1. The summed E-state index contributed by atoms with van der Waals surface area (Å²) in [7, 11) is 0. The van der Waals surface area contributed by atoms with Crippen LogP contribution in [0.2, 0.25) is 0 Å². The Balaban J connectivity index is 2.18. The Morgan fingerprint density at radius 1 is 0.622 bits per heavy atom. The summed E-state index contributed by atoms with van der Waals surface area (Å²) in [5.74, 6) is 0.257. The van der Waals surface area contributed by atoms with Crippen molar-refractivity contribution in [2.24, 2.45) is 0 Å². The lowest BCUT2D eigenvalue weighted by Gasteiger charge is -2.38. The van der Waals surface area contributed by atoms with Crippen molar-refractivity contribution < 1.29 is 9.37 Å². The van der Waals surface area contributed by atoms with Crippen LogP contribution in [0.1, 0.15) is 227 Å². The lowest BCUT2D eigenvalue weighted by molar-refractivity contribution is -0.603. The molecule has 0 aromatic rings. The molecular formula is C41H82N3O+. The molecule has 0 bridgehead atoms. The third-order valence-electron chi connectivity index (χ3n) is 10.8. The summed E-state index contributed by atoms with van der Waals surface area (Å²) in [6, 6.07) is 0.166. The van der Waals surface area contributed by atoms with E-state index in [1.165, 1.54) is 180 Å². The van der Waals surface area contributed by atoms with Gasteiger partial charge in [-0.1, -0.05) is 188 Å². The minimum Gasteiger partial charge on any atom is -0.349 e. The number of carbonyl (C=O) groups excluding carboxylic acids is 1. The summed E-state index contributed by atoms with van der Waals surface area (Å²) in [5.41, 5.74) is 0.0198. The van der Waals surface area contributed by atoms with Gasteiger partial charge in [0.15, 0.2) is 0 Å². The number of nitrogens with zero attached hydrogens (tertiary/aromatic N) is 1. The van der Waals surface area contributed by atoms with Crippen molar-refractivity contribution in [3.63, 3.8) is 0 Å². The first-order valence-electron chi connectivity index (χ1n) is 20.7. The molecule has 266 valence electrons. The number of hydrogen-bond acceptors (Lipinski definition) is 2. The van der Waals surface area contributed by atoms with Crippen molar-refractivity contribution in [3.8, 4) is 0 Å². The summed E-state index contributed by atoms with van der Waals surface area (Å²) in [5, 5.41) is 6.91. The standard InChI is InChI=1S/C41H81N3O/c1-5-8-10-12-14-16-18-20-21-22-24-26-28-30-32-34-40(45)43-39(4)41(7-3,44-37-36-42-38-44)35-33-31-29-27-25-23-19-17-15-13-11-9-6-2/h38-39H,5-37H2,1-4H3,(H,43,45)/p+1. The minimum atomic E-state index is 0.0198. The first-order chi connectivity index (χ1) is 22.1. The van der Waals surface area contributed by atoms with E-state index in [4.69, 9.17) is 0 Å². The Hall–Kier alpha value is -1.06. The topological polar surface area (TPSA) is 44.1 Å². The first kappa shape index (κ1) is 42.0. The maximum atomic E-state index is 13.0. The predicted octanol–water partition coefficient (Wildman–Crippen LogP) is 12.0. The molecule has 4 heteroatoms. The summed E-state index contributed by atoms with van der Waals surface area (Å²) in [6.45, 7) is 11.2. The second-order valence-electron chi connectivity index (χ2n) is 14.7. The van der Waals surface area contributed by atoms with Gasteiger partial charge in [0.25, 0.3) is 0 Å². The molecule has 2 atom stereocenters. The van der Waals surface area contributed by atoms with E-state index >= 15 is 0 Å². The zero-order valence-corrected chi connectivity index (χ0v) is 31.3. The van der Waals surface area contributed by atoms with Crippen LogP contribution in [0.4, 0.5) is 0 Å². The Bertz CT molecular complexity index is 692. The van der Waals surface area contributed by atoms with Crippen LogP contribution in [-0.2, 0) is 4.79 Å². The average Bonchev–Trinajstić information content (AvgIpc) is 3.59. The van der Waals surface area contributed by atoms with Crippen LogP contribution in [0.15, 0.2) is 0 Å². The van der Waals surface area contributed by atoms with Gasteiger partial charge in [-0.05, 0) is 32.6 Å². The third-order valence-corrected chi connectivity index (χ3v) is 10.8. The molecule has 0 saturated carbocycles. The highest BCUT2D eigenvalue weighted by molar-refractivity contribution is 5.76. The van der Waals surface area contributed by atoms with Gasteiger partial charge in [0, 0.05) is 6.42 Å². The van der Waals surface area contributed by atoms with Gasteiger partial charge in [-0.25, -0.2) is 0 Å². The fourth-order valence-corrected chi connectivity index (χ4v) is 7.62. The van der Waals surface area contributed by atoms with Crippen LogP contribution < -0.4 is 10.6 Å². The zero-order valence-electron chi connectivity index (χ0n) is 31.3. The van der Waals surface area contributed by atoms with Crippen LogP contribution in [0, 0.1) is 0 Å². The third kappa shape index (κ3) is 21.4. The molecule has 0 radical (unpaired) electrons. The molecule has 4 nitrogen and oxygen atoms in total. The highest BCUT2D eigenvalue weighted by Gasteiger charge is 2.42. The minimum absolute atomic E-state index is 0.0198. The van der Waals surface area contributed by atoms with E-state index in [0.717, 1.165) is 25.9 Å². The zero-order chi connectivity index (χ0) is 32.7. The molecular weight excluding hydrogens is 550 g/mol. The van der Waals surface area contributed by atoms with Crippen molar-refractivity contribution in [2.75, 3.05) is 13.1 Å². The Kier molecular flexibility index (Phi) is 28.2. The Morgan fingerprint density at radius 3 is 1.36 bits per heavy atom. The SMILES string of the molecule is CCCCCCCCCCCCCCCCCC(=O)NC(C)C(CC)(CCCCCCCCCCCCCCC)[N+]1=CNCC1. The van der Waals surface area contributed by atoms with E-state index in [0.29, 0.717) is 6.42 Å². The maximum absolute atomic E-state index is 13.0. The molecule has 0 spiro atoms. The van der Waals surface area contributed by atoms with Crippen molar-refractivity contribution in [3.05, 3.63) is 0 Å². The van der Waals surface area contributed by atoms with Crippen LogP contribution in [-0.4, -0.2) is 41.5 Å². The first-order valence-corrected chi connectivity index (χ1v) is 20.7. The fraction of sp³-hybridized carbons (Fsp3) is 0.951. The van der Waals surface area contributed by atoms with Crippen molar-refractivity contribution in [1.82, 2.24) is 10.6 Å². The second-order valence-corrected chi connectivity index (χ2v) is 14.7. The second kappa shape index (κ2) is 30.3. The van der Waals surface area contributed by atoms with E-state index in [1.54, 1.807) is 0 Å². The van der Waals surface area contributed by atoms with Crippen LogP contribution >= 0.6 is 0 Å². The quantitative estimate of drug-likeness (QED) is 0.0547. The molecule has 45 heavy (non-hydrogen) atoms. The summed E-state index contributed by atoms with van der Waals surface area (Å²) >= 11 is 0. The lowest BCUT2D eigenvalue weighted by Crippen LogP contribution is -2.57. The smallest absolute Gasteiger partial charge is 0.232 e. The molecule has 2 unspecified atom stereocenters. The van der Waals surface area contributed by atoms with Crippen LogP contribution in [0.3, 0.4) is 0 Å². The molecule has 1 aliphatic heterocycles. The van der Waals surface area contributed by atoms with E-state index in [9.17, 15) is 4.79 Å². The molecule has 1 aliphatic rings. The summed E-state index contributed by atoms with van der Waals surface area (Å²) < 4.78 is 2.52. The summed E-state index contributed by atoms with van der Waals surface area (Å²) in [6.07, 6.45) is 43.6. The highest BCUT2D eigenvalue weighted by Crippen LogP contribution is 2.29. The van der Waals surface area contributed by atoms with Gasteiger partial charge in [-0.2, -0.15) is 0 Å². The number of carbonyl (C=O) groups is 1. The average molecular weight is 633 g/mol. The number of amides is 1. The van der Waals surface area contributed by atoms with Gasteiger partial charge in [0.1, 0.15) is 18.6 Å². The molecule has 0 fully saturated rings. The number of hydrogen-bond donors (Lipinski definition) is 2. The van der Waals surface area contributed by atoms with E-state index in [-0.39, 0.29) is 17.5 Å². The van der Waals surface area contributed by atoms with Crippen molar-refractivity contribution in [1.29, 1.82) is 0 Å².